The number of thioether (sulfide) groups is 1. The fourth-order valence-corrected chi connectivity index (χ4v) is 1.78. The smallest absolute Gasteiger partial charge is 0.0499 e. The van der Waals surface area contributed by atoms with E-state index in [-0.39, 0.29) is 0 Å². The highest BCUT2D eigenvalue weighted by Crippen LogP contribution is 2.22. The predicted molar refractivity (Wildman–Crippen MR) is 58.7 cm³/mol. The van der Waals surface area contributed by atoms with E-state index in [2.05, 4.69) is 27.4 Å². The van der Waals surface area contributed by atoms with Gasteiger partial charge in [-0.05, 0) is 30.0 Å². The first-order valence-electron chi connectivity index (χ1n) is 3.50. The van der Waals surface area contributed by atoms with Crippen molar-refractivity contribution in [1.29, 1.82) is 0 Å². The standard InChI is InChI=1S/C8H11BrN2S/c1-12-8-3-6(5-9)2-7(4-8)11-10/h2-4,11H,5,10H2,1H3. The van der Waals surface area contributed by atoms with Crippen LogP contribution in [0.1, 0.15) is 5.56 Å². The third kappa shape index (κ3) is 2.40. The van der Waals surface area contributed by atoms with Gasteiger partial charge in [-0.2, -0.15) is 0 Å². The molecule has 0 fully saturated rings. The molecule has 66 valence electrons. The number of nitrogens with two attached hydrogens (primary N) is 1. The van der Waals surface area contributed by atoms with Gasteiger partial charge in [0.15, 0.2) is 0 Å². The van der Waals surface area contributed by atoms with Crippen LogP contribution in [0.25, 0.3) is 0 Å². The van der Waals surface area contributed by atoms with Gasteiger partial charge in [-0.1, -0.05) is 15.9 Å². The first kappa shape index (κ1) is 9.89. The van der Waals surface area contributed by atoms with Gasteiger partial charge in [0.1, 0.15) is 0 Å². The summed E-state index contributed by atoms with van der Waals surface area (Å²) >= 11 is 5.12. The Kier molecular flexibility index (Phi) is 3.91. The second-order valence-corrected chi connectivity index (χ2v) is 3.79. The van der Waals surface area contributed by atoms with Crippen molar-refractivity contribution < 1.29 is 0 Å². The fraction of sp³-hybridized carbons (Fsp3) is 0.250. The van der Waals surface area contributed by atoms with Crippen LogP contribution in [0.3, 0.4) is 0 Å². The summed E-state index contributed by atoms with van der Waals surface area (Å²) in [6.07, 6.45) is 2.05. The monoisotopic (exact) mass is 246 g/mol. The second-order valence-electron chi connectivity index (χ2n) is 2.35. The molecule has 0 bridgehead atoms. The Labute approximate surface area is 85.0 Å². The van der Waals surface area contributed by atoms with Gasteiger partial charge in [-0.15, -0.1) is 11.8 Å². The van der Waals surface area contributed by atoms with Gasteiger partial charge in [0.05, 0.1) is 0 Å². The average Bonchev–Trinajstić information content (AvgIpc) is 2.16. The number of halogens is 1. The van der Waals surface area contributed by atoms with Crippen LogP contribution < -0.4 is 11.3 Å². The van der Waals surface area contributed by atoms with Crippen LogP contribution in [0.2, 0.25) is 0 Å². The number of hydrogen-bond acceptors (Lipinski definition) is 3. The molecule has 0 amide bonds. The van der Waals surface area contributed by atoms with Gasteiger partial charge in [0.2, 0.25) is 0 Å². The molecule has 3 N–H and O–H groups in total. The highest BCUT2D eigenvalue weighted by molar-refractivity contribution is 9.08. The molecule has 12 heavy (non-hydrogen) atoms. The van der Waals surface area contributed by atoms with Gasteiger partial charge in [-0.25, -0.2) is 0 Å². The maximum atomic E-state index is 5.32. The van der Waals surface area contributed by atoms with E-state index in [1.54, 1.807) is 11.8 Å². The van der Waals surface area contributed by atoms with Gasteiger partial charge in [0, 0.05) is 15.9 Å². The Morgan fingerprint density at radius 2 is 2.25 bits per heavy atom. The lowest BCUT2D eigenvalue weighted by atomic mass is 10.2. The Hall–Kier alpha value is -0.190. The second kappa shape index (κ2) is 4.74. The summed E-state index contributed by atoms with van der Waals surface area (Å²) in [5.74, 6) is 5.32. The number of alkyl halides is 1. The van der Waals surface area contributed by atoms with Crippen molar-refractivity contribution >= 4 is 33.4 Å². The van der Waals surface area contributed by atoms with Crippen molar-refractivity contribution in [3.05, 3.63) is 23.8 Å². The number of benzene rings is 1. The van der Waals surface area contributed by atoms with E-state index in [1.807, 2.05) is 18.4 Å². The molecule has 4 heteroatoms. The van der Waals surface area contributed by atoms with Crippen molar-refractivity contribution in [1.82, 2.24) is 0 Å². The first-order valence-corrected chi connectivity index (χ1v) is 5.85. The number of rotatable bonds is 3. The average molecular weight is 247 g/mol. The molecule has 0 aromatic heterocycles. The van der Waals surface area contributed by atoms with Crippen LogP contribution in [-0.4, -0.2) is 6.26 Å². The first-order chi connectivity index (χ1) is 5.80. The lowest BCUT2D eigenvalue weighted by molar-refractivity contribution is 1.28. The van der Waals surface area contributed by atoms with E-state index in [0.29, 0.717) is 0 Å². The van der Waals surface area contributed by atoms with Crippen LogP contribution in [0.4, 0.5) is 5.69 Å². The van der Waals surface area contributed by atoms with Crippen molar-refractivity contribution in [2.24, 2.45) is 5.84 Å². The molecule has 0 saturated heterocycles. The molecule has 0 aliphatic carbocycles. The van der Waals surface area contributed by atoms with Crippen molar-refractivity contribution in [3.8, 4) is 0 Å². The molecule has 0 atom stereocenters. The summed E-state index contributed by atoms with van der Waals surface area (Å²) in [5, 5.41) is 0.857. The molecular formula is C8H11BrN2S. The SMILES string of the molecule is CSc1cc(CBr)cc(NN)c1. The maximum absolute atomic E-state index is 5.32. The minimum absolute atomic E-state index is 0.857. The van der Waals surface area contributed by atoms with E-state index in [4.69, 9.17) is 5.84 Å². The zero-order chi connectivity index (χ0) is 8.97. The van der Waals surface area contributed by atoms with Crippen molar-refractivity contribution in [2.45, 2.75) is 10.2 Å². The van der Waals surface area contributed by atoms with Gasteiger partial charge in [0.25, 0.3) is 0 Å². The lowest BCUT2D eigenvalue weighted by Gasteiger charge is -2.05. The molecule has 0 radical (unpaired) electrons. The molecule has 2 nitrogen and oxygen atoms in total. The number of nitrogens with one attached hydrogen (secondary N) is 1. The number of hydrogen-bond donors (Lipinski definition) is 2. The van der Waals surface area contributed by atoms with E-state index < -0.39 is 0 Å². The Bertz CT molecular complexity index is 210. The van der Waals surface area contributed by atoms with E-state index in [1.165, 1.54) is 10.5 Å². The molecule has 1 rings (SSSR count). The van der Waals surface area contributed by atoms with E-state index in [9.17, 15) is 0 Å². The molecule has 0 aliphatic rings. The molecule has 1 aromatic rings. The minimum atomic E-state index is 0.857. The number of nitrogen functional groups attached to an aromatic ring is 1. The molecular weight excluding hydrogens is 236 g/mol. The van der Waals surface area contributed by atoms with Crippen molar-refractivity contribution in [2.75, 3.05) is 11.7 Å². The molecule has 0 spiro atoms. The number of anilines is 1. The highest BCUT2D eigenvalue weighted by Gasteiger charge is 1.97. The molecule has 0 heterocycles. The zero-order valence-corrected chi connectivity index (χ0v) is 9.21. The predicted octanol–water partition coefficient (Wildman–Crippen LogP) is 2.59. The van der Waals surface area contributed by atoms with Crippen LogP contribution in [-0.2, 0) is 5.33 Å². The lowest BCUT2D eigenvalue weighted by Crippen LogP contribution is -2.06. The number of hydrazine groups is 1. The normalized spacial score (nSPS) is 9.92. The van der Waals surface area contributed by atoms with Crippen LogP contribution >= 0.6 is 27.7 Å². The van der Waals surface area contributed by atoms with Crippen LogP contribution in [0, 0.1) is 0 Å². The van der Waals surface area contributed by atoms with E-state index >= 15 is 0 Å². The third-order valence-corrected chi connectivity index (χ3v) is 2.88. The fourth-order valence-electron chi connectivity index (χ4n) is 0.939. The van der Waals surface area contributed by atoms with Crippen LogP contribution in [0.15, 0.2) is 23.1 Å². The summed E-state index contributed by atoms with van der Waals surface area (Å²) in [6, 6.07) is 6.19. The summed E-state index contributed by atoms with van der Waals surface area (Å²) in [4.78, 5) is 1.22. The Balaban J connectivity index is 3.01. The summed E-state index contributed by atoms with van der Waals surface area (Å²) in [5.41, 5.74) is 4.83. The van der Waals surface area contributed by atoms with Crippen LogP contribution in [0.5, 0.6) is 0 Å². The third-order valence-electron chi connectivity index (χ3n) is 1.52. The minimum Gasteiger partial charge on any atom is -0.324 e. The van der Waals surface area contributed by atoms with E-state index in [0.717, 1.165) is 11.0 Å². The van der Waals surface area contributed by atoms with Gasteiger partial charge < -0.3 is 5.43 Å². The maximum Gasteiger partial charge on any atom is 0.0499 e. The molecule has 0 aliphatic heterocycles. The Morgan fingerprint density at radius 1 is 1.50 bits per heavy atom. The summed E-state index contributed by atoms with van der Waals surface area (Å²) in [6.45, 7) is 0. The molecule has 0 saturated carbocycles. The van der Waals surface area contributed by atoms with Crippen molar-refractivity contribution in [3.63, 3.8) is 0 Å². The summed E-state index contributed by atoms with van der Waals surface area (Å²) < 4.78 is 0. The zero-order valence-electron chi connectivity index (χ0n) is 6.80. The summed E-state index contributed by atoms with van der Waals surface area (Å²) in [7, 11) is 0. The Morgan fingerprint density at radius 3 is 2.75 bits per heavy atom. The topological polar surface area (TPSA) is 38.0 Å². The molecule has 0 unspecified atom stereocenters. The highest BCUT2D eigenvalue weighted by atomic mass is 79.9. The largest absolute Gasteiger partial charge is 0.324 e. The molecule has 1 aromatic carbocycles. The quantitative estimate of drug-likeness (QED) is 0.373. The van der Waals surface area contributed by atoms with Gasteiger partial charge >= 0.3 is 0 Å². The van der Waals surface area contributed by atoms with Gasteiger partial charge in [-0.3, -0.25) is 5.84 Å².